The zero-order chi connectivity index (χ0) is 13.8. The Bertz CT molecular complexity index is 528. The van der Waals surface area contributed by atoms with E-state index in [0.717, 1.165) is 9.87 Å². The van der Waals surface area contributed by atoms with Gasteiger partial charge in [0.1, 0.15) is 0 Å². The number of nitrogens with zero attached hydrogens (tertiary/aromatic N) is 1. The standard InChI is InChI=1S/C11H17N3O3S/c1-13-11(15)8-14(2)18(16,17)10-5-3-4-9(6-10)7-12/h3-6H,7-8,12H2,1-2H3,(H,13,15). The average molecular weight is 271 g/mol. The van der Waals surface area contributed by atoms with Crippen LogP contribution in [0.3, 0.4) is 0 Å². The van der Waals surface area contributed by atoms with Crippen molar-refractivity contribution < 1.29 is 13.2 Å². The van der Waals surface area contributed by atoms with Crippen LogP contribution >= 0.6 is 0 Å². The quantitative estimate of drug-likeness (QED) is 0.756. The highest BCUT2D eigenvalue weighted by Gasteiger charge is 2.22. The molecule has 1 aromatic carbocycles. The smallest absolute Gasteiger partial charge is 0.243 e. The van der Waals surface area contributed by atoms with Crippen molar-refractivity contribution >= 4 is 15.9 Å². The third-order valence-corrected chi connectivity index (χ3v) is 4.29. The molecule has 0 saturated carbocycles. The van der Waals surface area contributed by atoms with Gasteiger partial charge in [-0.1, -0.05) is 12.1 Å². The lowest BCUT2D eigenvalue weighted by atomic mass is 10.2. The fourth-order valence-corrected chi connectivity index (χ4v) is 2.58. The third kappa shape index (κ3) is 3.28. The van der Waals surface area contributed by atoms with Crippen LogP contribution in [0, 0.1) is 0 Å². The Hall–Kier alpha value is -1.44. The van der Waals surface area contributed by atoms with Crippen LogP contribution in [0.5, 0.6) is 0 Å². The first-order chi connectivity index (χ1) is 8.41. The molecule has 0 unspecified atom stereocenters. The first-order valence-electron chi connectivity index (χ1n) is 5.37. The van der Waals surface area contributed by atoms with Gasteiger partial charge in [-0.3, -0.25) is 4.79 Å². The van der Waals surface area contributed by atoms with E-state index >= 15 is 0 Å². The molecule has 0 aliphatic carbocycles. The van der Waals surface area contributed by atoms with Gasteiger partial charge in [-0.2, -0.15) is 4.31 Å². The number of hydrogen-bond acceptors (Lipinski definition) is 4. The maximum Gasteiger partial charge on any atom is 0.243 e. The largest absolute Gasteiger partial charge is 0.358 e. The van der Waals surface area contributed by atoms with Gasteiger partial charge >= 0.3 is 0 Å². The zero-order valence-corrected chi connectivity index (χ0v) is 11.2. The molecule has 0 heterocycles. The van der Waals surface area contributed by atoms with E-state index in [9.17, 15) is 13.2 Å². The van der Waals surface area contributed by atoms with Crippen molar-refractivity contribution in [1.82, 2.24) is 9.62 Å². The Morgan fingerprint density at radius 2 is 2.11 bits per heavy atom. The van der Waals surface area contributed by atoms with Crippen molar-refractivity contribution in [3.05, 3.63) is 29.8 Å². The molecule has 0 aliphatic rings. The van der Waals surface area contributed by atoms with Gasteiger partial charge in [0.15, 0.2) is 0 Å². The van der Waals surface area contributed by atoms with E-state index in [0.29, 0.717) is 0 Å². The fourth-order valence-electron chi connectivity index (χ4n) is 1.38. The monoisotopic (exact) mass is 271 g/mol. The maximum atomic E-state index is 12.2. The van der Waals surface area contributed by atoms with Gasteiger partial charge in [0, 0.05) is 20.6 Å². The number of amides is 1. The van der Waals surface area contributed by atoms with Crippen molar-refractivity contribution in [2.45, 2.75) is 11.4 Å². The summed E-state index contributed by atoms with van der Waals surface area (Å²) in [4.78, 5) is 11.3. The molecule has 0 fully saturated rings. The molecule has 7 heteroatoms. The molecule has 1 amide bonds. The summed E-state index contributed by atoms with van der Waals surface area (Å²) in [6, 6.07) is 6.37. The third-order valence-electron chi connectivity index (χ3n) is 2.49. The molecule has 3 N–H and O–H groups in total. The van der Waals surface area contributed by atoms with Crippen LogP contribution in [-0.2, 0) is 21.4 Å². The molecule has 1 rings (SSSR count). The van der Waals surface area contributed by atoms with Gasteiger partial charge in [-0.25, -0.2) is 8.42 Å². The number of carbonyl (C=O) groups excluding carboxylic acids is 1. The van der Waals surface area contributed by atoms with E-state index in [1.165, 1.54) is 26.2 Å². The second kappa shape index (κ2) is 5.94. The molecule has 1 aromatic rings. The highest BCUT2D eigenvalue weighted by atomic mass is 32.2. The summed E-state index contributed by atoms with van der Waals surface area (Å²) in [6.45, 7) is 0.0498. The number of carbonyl (C=O) groups is 1. The molecule has 6 nitrogen and oxygen atoms in total. The van der Waals surface area contributed by atoms with Crippen molar-refractivity contribution in [3.8, 4) is 0 Å². The number of nitrogens with two attached hydrogens (primary N) is 1. The SMILES string of the molecule is CNC(=O)CN(C)S(=O)(=O)c1cccc(CN)c1. The van der Waals surface area contributed by atoms with E-state index in [1.54, 1.807) is 12.1 Å². The second-order valence-electron chi connectivity index (χ2n) is 3.79. The normalized spacial score (nSPS) is 11.6. The summed E-state index contributed by atoms with van der Waals surface area (Å²) in [5.74, 6) is -0.365. The lowest BCUT2D eigenvalue weighted by Gasteiger charge is -2.16. The van der Waals surface area contributed by atoms with Crippen molar-refractivity contribution in [3.63, 3.8) is 0 Å². The zero-order valence-electron chi connectivity index (χ0n) is 10.4. The highest BCUT2D eigenvalue weighted by molar-refractivity contribution is 7.89. The summed E-state index contributed by atoms with van der Waals surface area (Å²) >= 11 is 0. The van der Waals surface area contributed by atoms with Gasteiger partial charge < -0.3 is 11.1 Å². The fraction of sp³-hybridized carbons (Fsp3) is 0.364. The minimum absolute atomic E-state index is 0.136. The average Bonchev–Trinajstić information content (AvgIpc) is 2.38. The number of benzene rings is 1. The number of rotatable bonds is 5. The van der Waals surface area contributed by atoms with E-state index in [1.807, 2.05) is 0 Å². The minimum atomic E-state index is -3.66. The highest BCUT2D eigenvalue weighted by Crippen LogP contribution is 2.15. The Balaban J connectivity index is 3.01. The molecule has 18 heavy (non-hydrogen) atoms. The first-order valence-corrected chi connectivity index (χ1v) is 6.81. The van der Waals surface area contributed by atoms with Crippen LogP contribution in [0.4, 0.5) is 0 Å². The van der Waals surface area contributed by atoms with E-state index in [2.05, 4.69) is 5.32 Å². The van der Waals surface area contributed by atoms with Gasteiger partial charge in [0.25, 0.3) is 0 Å². The van der Waals surface area contributed by atoms with Crippen LogP contribution < -0.4 is 11.1 Å². The van der Waals surface area contributed by atoms with Crippen LogP contribution in [0.15, 0.2) is 29.2 Å². The van der Waals surface area contributed by atoms with Crippen molar-refractivity contribution in [2.75, 3.05) is 20.6 Å². The van der Waals surface area contributed by atoms with Gasteiger partial charge in [0.05, 0.1) is 11.4 Å². The van der Waals surface area contributed by atoms with Crippen molar-refractivity contribution in [1.29, 1.82) is 0 Å². The van der Waals surface area contributed by atoms with E-state index in [-0.39, 0.29) is 23.9 Å². The van der Waals surface area contributed by atoms with Crippen molar-refractivity contribution in [2.24, 2.45) is 5.73 Å². The predicted octanol–water partition coefficient (Wildman–Crippen LogP) is -0.488. The summed E-state index contributed by atoms with van der Waals surface area (Å²) in [6.07, 6.45) is 0. The Morgan fingerprint density at radius 1 is 1.44 bits per heavy atom. The number of likely N-dealkylation sites (N-methyl/N-ethyl adjacent to an activating group) is 2. The summed E-state index contributed by atoms with van der Waals surface area (Å²) < 4.78 is 25.3. The number of nitrogens with one attached hydrogen (secondary N) is 1. The Labute approximate surface area is 107 Å². The molecule has 0 aromatic heterocycles. The molecule has 0 spiro atoms. The summed E-state index contributed by atoms with van der Waals surface area (Å²) in [5.41, 5.74) is 6.19. The minimum Gasteiger partial charge on any atom is -0.358 e. The molecule has 0 radical (unpaired) electrons. The van der Waals surface area contributed by atoms with E-state index in [4.69, 9.17) is 5.73 Å². The molecule has 0 atom stereocenters. The van der Waals surface area contributed by atoms with Crippen LogP contribution in [0.2, 0.25) is 0 Å². The summed E-state index contributed by atoms with van der Waals surface area (Å²) in [5, 5.41) is 2.38. The van der Waals surface area contributed by atoms with Crippen LogP contribution in [0.1, 0.15) is 5.56 Å². The van der Waals surface area contributed by atoms with E-state index < -0.39 is 10.0 Å². The Morgan fingerprint density at radius 3 is 2.67 bits per heavy atom. The van der Waals surface area contributed by atoms with Crippen LogP contribution in [0.25, 0.3) is 0 Å². The number of hydrogen-bond donors (Lipinski definition) is 2. The molecule has 0 aliphatic heterocycles. The maximum absolute atomic E-state index is 12.2. The predicted molar refractivity (Wildman–Crippen MR) is 68.2 cm³/mol. The lowest BCUT2D eigenvalue weighted by molar-refractivity contribution is -0.120. The molecular formula is C11H17N3O3S. The Kier molecular flexibility index (Phi) is 4.83. The molecule has 100 valence electrons. The van der Waals surface area contributed by atoms with Crippen LogP contribution in [-0.4, -0.2) is 39.3 Å². The topological polar surface area (TPSA) is 92.5 Å². The lowest BCUT2D eigenvalue weighted by Crippen LogP contribution is -2.36. The van der Waals surface area contributed by atoms with Gasteiger partial charge in [-0.05, 0) is 17.7 Å². The second-order valence-corrected chi connectivity index (χ2v) is 5.83. The summed E-state index contributed by atoms with van der Waals surface area (Å²) in [7, 11) is -0.843. The first kappa shape index (κ1) is 14.6. The molecular weight excluding hydrogens is 254 g/mol. The van der Waals surface area contributed by atoms with Gasteiger partial charge in [0.2, 0.25) is 15.9 Å². The number of sulfonamides is 1. The van der Waals surface area contributed by atoms with Gasteiger partial charge in [-0.15, -0.1) is 0 Å². The molecule has 0 bridgehead atoms. The molecule has 0 saturated heterocycles.